The molecule has 1 unspecified atom stereocenters. The number of nitrogens with one attached hydrogen (secondary N) is 2. The van der Waals surface area contributed by atoms with Crippen LogP contribution in [0, 0.1) is 12.3 Å². The first kappa shape index (κ1) is 18.3. The van der Waals surface area contributed by atoms with Gasteiger partial charge in [-0.05, 0) is 41.1 Å². The predicted octanol–water partition coefficient (Wildman–Crippen LogP) is 2.13. The number of carbonyl (C=O) groups is 2. The van der Waals surface area contributed by atoms with E-state index in [0.29, 0.717) is 15.2 Å². The summed E-state index contributed by atoms with van der Waals surface area (Å²) in [7, 11) is 0. The summed E-state index contributed by atoms with van der Waals surface area (Å²) in [6.45, 7) is 2.01. The first-order valence-electron chi connectivity index (χ1n) is 6.53. The Bertz CT molecular complexity index is 587. The van der Waals surface area contributed by atoms with Crippen molar-refractivity contribution in [2.75, 3.05) is 13.1 Å². The molecule has 0 saturated carbocycles. The van der Waals surface area contributed by atoms with Crippen molar-refractivity contribution < 1.29 is 14.3 Å². The van der Waals surface area contributed by atoms with E-state index in [1.807, 2.05) is 0 Å². The molecule has 22 heavy (non-hydrogen) atoms. The van der Waals surface area contributed by atoms with Gasteiger partial charge in [0, 0.05) is 18.0 Å². The molecule has 0 saturated heterocycles. The Morgan fingerprint density at radius 3 is 2.82 bits per heavy atom. The second kappa shape index (κ2) is 9.34. The average molecular weight is 388 g/mol. The fraction of sp³-hybridized carbons (Fsp3) is 0.333. The first-order chi connectivity index (χ1) is 10.4. The average Bonchev–Trinajstić information content (AvgIpc) is 2.47. The lowest BCUT2D eigenvalue weighted by Gasteiger charge is -2.15. The number of rotatable bonds is 7. The number of ether oxygens (including phenoxy) is 1. The third-order valence-electron chi connectivity index (χ3n) is 2.61. The molecular weight excluding hydrogens is 372 g/mol. The van der Waals surface area contributed by atoms with E-state index in [-0.39, 0.29) is 31.3 Å². The van der Waals surface area contributed by atoms with Crippen LogP contribution in [0.25, 0.3) is 0 Å². The second-order valence-electron chi connectivity index (χ2n) is 4.36. The highest BCUT2D eigenvalue weighted by Gasteiger charge is 2.16. The van der Waals surface area contributed by atoms with Crippen molar-refractivity contribution in [3.8, 4) is 18.1 Å². The van der Waals surface area contributed by atoms with Gasteiger partial charge in [0.15, 0.2) is 6.10 Å². The number of benzene rings is 1. The van der Waals surface area contributed by atoms with Gasteiger partial charge >= 0.3 is 0 Å². The fourth-order valence-electron chi connectivity index (χ4n) is 1.50. The van der Waals surface area contributed by atoms with Crippen LogP contribution < -0.4 is 15.4 Å². The number of halogens is 2. The number of hydrogen-bond acceptors (Lipinski definition) is 3. The molecule has 1 rings (SSSR count). The van der Waals surface area contributed by atoms with Crippen LogP contribution in [0.4, 0.5) is 0 Å². The lowest BCUT2D eigenvalue weighted by atomic mass is 10.3. The molecule has 0 spiro atoms. The highest BCUT2D eigenvalue weighted by atomic mass is 79.9. The van der Waals surface area contributed by atoms with Gasteiger partial charge < -0.3 is 15.4 Å². The van der Waals surface area contributed by atoms with Gasteiger partial charge in [-0.15, -0.1) is 6.42 Å². The Kier molecular flexibility index (Phi) is 7.78. The molecule has 1 aromatic rings. The van der Waals surface area contributed by atoms with E-state index >= 15 is 0 Å². The topological polar surface area (TPSA) is 67.4 Å². The summed E-state index contributed by atoms with van der Waals surface area (Å²) in [4.78, 5) is 23.2. The van der Waals surface area contributed by atoms with Crippen molar-refractivity contribution in [3.63, 3.8) is 0 Å². The minimum Gasteiger partial charge on any atom is -0.480 e. The van der Waals surface area contributed by atoms with Gasteiger partial charge in [-0.1, -0.05) is 17.5 Å². The summed E-state index contributed by atoms with van der Waals surface area (Å²) in [5, 5.41) is 5.70. The van der Waals surface area contributed by atoms with Crippen molar-refractivity contribution in [2.45, 2.75) is 19.4 Å². The molecule has 2 N–H and O–H groups in total. The molecule has 0 aliphatic rings. The van der Waals surface area contributed by atoms with Gasteiger partial charge in [0.25, 0.3) is 5.91 Å². The molecule has 0 aliphatic carbocycles. The molecule has 2 amide bonds. The van der Waals surface area contributed by atoms with Crippen LogP contribution in [-0.4, -0.2) is 31.0 Å². The third-order valence-corrected chi connectivity index (χ3v) is 3.46. The monoisotopic (exact) mass is 386 g/mol. The van der Waals surface area contributed by atoms with E-state index in [1.165, 1.54) is 0 Å². The minimum absolute atomic E-state index is 0.158. The lowest BCUT2D eigenvalue weighted by Crippen LogP contribution is -2.38. The molecule has 0 radical (unpaired) electrons. The molecule has 118 valence electrons. The van der Waals surface area contributed by atoms with Crippen molar-refractivity contribution in [1.29, 1.82) is 0 Å². The van der Waals surface area contributed by atoms with Crippen molar-refractivity contribution in [1.82, 2.24) is 10.6 Å². The molecule has 7 heteroatoms. The Labute approximate surface area is 142 Å². The summed E-state index contributed by atoms with van der Waals surface area (Å²) < 4.78 is 6.20. The number of hydrogen-bond donors (Lipinski definition) is 2. The van der Waals surface area contributed by atoms with Crippen LogP contribution >= 0.6 is 27.5 Å². The lowest BCUT2D eigenvalue weighted by molar-refractivity contribution is -0.127. The van der Waals surface area contributed by atoms with E-state index in [0.717, 1.165) is 0 Å². The van der Waals surface area contributed by atoms with Crippen LogP contribution in [0.3, 0.4) is 0 Å². The standard InChI is InChI=1S/C15H16BrClN2O3/c1-3-7-18-14(20)6-8-19-15(21)10(2)22-13-5-4-11(17)9-12(13)16/h1,4-5,9-10H,6-8H2,2H3,(H,18,20)(H,19,21). The van der Waals surface area contributed by atoms with Gasteiger partial charge in [0.2, 0.25) is 5.91 Å². The normalized spacial score (nSPS) is 11.2. The summed E-state index contributed by atoms with van der Waals surface area (Å²) >= 11 is 9.15. The molecule has 5 nitrogen and oxygen atoms in total. The van der Waals surface area contributed by atoms with Crippen molar-refractivity contribution in [3.05, 3.63) is 27.7 Å². The highest BCUT2D eigenvalue weighted by Crippen LogP contribution is 2.28. The molecule has 0 aromatic heterocycles. The second-order valence-corrected chi connectivity index (χ2v) is 5.65. The summed E-state index contributed by atoms with van der Waals surface area (Å²) in [6.07, 6.45) is 4.48. The Balaban J connectivity index is 2.39. The zero-order valence-corrected chi connectivity index (χ0v) is 14.3. The molecule has 0 heterocycles. The van der Waals surface area contributed by atoms with Crippen LogP contribution in [0.2, 0.25) is 5.02 Å². The first-order valence-corrected chi connectivity index (χ1v) is 7.70. The number of carbonyl (C=O) groups excluding carboxylic acids is 2. The number of amides is 2. The molecule has 0 bridgehead atoms. The maximum Gasteiger partial charge on any atom is 0.260 e. The van der Waals surface area contributed by atoms with Gasteiger partial charge in [0.05, 0.1) is 11.0 Å². The zero-order chi connectivity index (χ0) is 16.5. The van der Waals surface area contributed by atoms with Crippen LogP contribution in [0.1, 0.15) is 13.3 Å². The minimum atomic E-state index is -0.703. The van der Waals surface area contributed by atoms with Gasteiger partial charge in [0.1, 0.15) is 5.75 Å². The maximum absolute atomic E-state index is 11.9. The Hall–Kier alpha value is -1.71. The highest BCUT2D eigenvalue weighted by molar-refractivity contribution is 9.10. The van der Waals surface area contributed by atoms with Crippen LogP contribution in [-0.2, 0) is 9.59 Å². The maximum atomic E-state index is 11.9. The predicted molar refractivity (Wildman–Crippen MR) is 88.7 cm³/mol. The van der Waals surface area contributed by atoms with Gasteiger partial charge in [-0.3, -0.25) is 9.59 Å². The number of terminal acetylenes is 1. The molecule has 0 aliphatic heterocycles. The van der Waals surface area contributed by atoms with E-state index < -0.39 is 6.10 Å². The van der Waals surface area contributed by atoms with Crippen LogP contribution in [0.5, 0.6) is 5.75 Å². The molecular formula is C15H16BrClN2O3. The van der Waals surface area contributed by atoms with Gasteiger partial charge in [-0.25, -0.2) is 0 Å². The summed E-state index contributed by atoms with van der Waals surface area (Å²) in [5.74, 6) is 2.28. The third kappa shape index (κ3) is 6.37. The summed E-state index contributed by atoms with van der Waals surface area (Å²) in [5.41, 5.74) is 0. The van der Waals surface area contributed by atoms with E-state index in [9.17, 15) is 9.59 Å². The molecule has 0 fully saturated rings. The van der Waals surface area contributed by atoms with Crippen molar-refractivity contribution >= 4 is 39.3 Å². The van der Waals surface area contributed by atoms with E-state index in [1.54, 1.807) is 25.1 Å². The van der Waals surface area contributed by atoms with Crippen molar-refractivity contribution in [2.24, 2.45) is 0 Å². The smallest absolute Gasteiger partial charge is 0.260 e. The largest absolute Gasteiger partial charge is 0.480 e. The quantitative estimate of drug-likeness (QED) is 0.704. The Morgan fingerprint density at radius 1 is 1.45 bits per heavy atom. The van der Waals surface area contributed by atoms with Crippen LogP contribution in [0.15, 0.2) is 22.7 Å². The van der Waals surface area contributed by atoms with E-state index in [4.69, 9.17) is 22.8 Å². The zero-order valence-electron chi connectivity index (χ0n) is 12.0. The van der Waals surface area contributed by atoms with E-state index in [2.05, 4.69) is 32.5 Å². The molecule has 1 atom stereocenters. The fourth-order valence-corrected chi connectivity index (χ4v) is 2.27. The van der Waals surface area contributed by atoms with Gasteiger partial charge in [-0.2, -0.15) is 0 Å². The molecule has 1 aromatic carbocycles. The SMILES string of the molecule is C#CCNC(=O)CCNC(=O)C(C)Oc1ccc(Cl)cc1Br. The Morgan fingerprint density at radius 2 is 2.18 bits per heavy atom. The summed E-state index contributed by atoms with van der Waals surface area (Å²) in [6, 6.07) is 5.02.